The van der Waals surface area contributed by atoms with Gasteiger partial charge in [0.25, 0.3) is 0 Å². The molecule has 0 amide bonds. The molecule has 100 valence electrons. The number of benzene rings is 1. The van der Waals surface area contributed by atoms with Crippen LogP contribution in [0.15, 0.2) is 18.2 Å². The summed E-state index contributed by atoms with van der Waals surface area (Å²) < 4.78 is 0. The molecule has 1 aromatic rings. The van der Waals surface area contributed by atoms with Crippen molar-refractivity contribution in [2.45, 2.75) is 32.4 Å². The van der Waals surface area contributed by atoms with Gasteiger partial charge in [0.2, 0.25) is 0 Å². The minimum atomic E-state index is -0.0114. The Bertz CT molecular complexity index is 422. The molecule has 18 heavy (non-hydrogen) atoms. The smallest absolute Gasteiger partial charge is 0.0643 e. The highest BCUT2D eigenvalue weighted by atomic mass is 35.5. The van der Waals surface area contributed by atoms with Gasteiger partial charge in [0.1, 0.15) is 0 Å². The monoisotopic (exact) mass is 268 g/mol. The van der Waals surface area contributed by atoms with Crippen molar-refractivity contribution in [1.82, 2.24) is 0 Å². The minimum absolute atomic E-state index is 0.0114. The number of aliphatic hydroxyl groups is 1. The van der Waals surface area contributed by atoms with E-state index in [0.29, 0.717) is 5.92 Å². The summed E-state index contributed by atoms with van der Waals surface area (Å²) in [6.45, 7) is 5.24. The molecular formula is C14H21ClN2O. The molecule has 1 heterocycles. The van der Waals surface area contributed by atoms with E-state index in [9.17, 15) is 5.11 Å². The SMILES string of the molecule is CC1CCN(c2ccc([C@H](C)N)cc2Cl)C1CO. The Balaban J connectivity index is 2.28. The molecule has 0 aromatic heterocycles. The number of hydrogen-bond donors (Lipinski definition) is 2. The first-order valence-corrected chi connectivity index (χ1v) is 6.85. The average molecular weight is 269 g/mol. The fourth-order valence-electron chi connectivity index (χ4n) is 2.63. The summed E-state index contributed by atoms with van der Waals surface area (Å²) in [4.78, 5) is 2.21. The summed E-state index contributed by atoms with van der Waals surface area (Å²) in [6.07, 6.45) is 1.09. The maximum Gasteiger partial charge on any atom is 0.0643 e. The minimum Gasteiger partial charge on any atom is -0.394 e. The van der Waals surface area contributed by atoms with Gasteiger partial charge in [-0.15, -0.1) is 0 Å². The van der Waals surface area contributed by atoms with E-state index in [1.165, 1.54) is 0 Å². The van der Waals surface area contributed by atoms with Crippen LogP contribution in [-0.4, -0.2) is 24.3 Å². The van der Waals surface area contributed by atoms with Gasteiger partial charge in [0.05, 0.1) is 23.4 Å². The fraction of sp³-hybridized carbons (Fsp3) is 0.571. The van der Waals surface area contributed by atoms with Crippen LogP contribution in [0.4, 0.5) is 5.69 Å². The van der Waals surface area contributed by atoms with Crippen molar-refractivity contribution >= 4 is 17.3 Å². The predicted octanol–water partition coefficient (Wildman–Crippen LogP) is 2.57. The molecule has 2 unspecified atom stereocenters. The molecule has 0 spiro atoms. The lowest BCUT2D eigenvalue weighted by molar-refractivity contribution is 0.245. The van der Waals surface area contributed by atoms with Gasteiger partial charge < -0.3 is 15.7 Å². The molecule has 1 aromatic carbocycles. The molecule has 2 rings (SSSR count). The topological polar surface area (TPSA) is 49.5 Å². The largest absolute Gasteiger partial charge is 0.394 e. The van der Waals surface area contributed by atoms with Crippen molar-refractivity contribution in [2.75, 3.05) is 18.1 Å². The van der Waals surface area contributed by atoms with Crippen LogP contribution >= 0.6 is 11.6 Å². The molecular weight excluding hydrogens is 248 g/mol. The molecule has 3 N–H and O–H groups in total. The zero-order valence-electron chi connectivity index (χ0n) is 10.9. The summed E-state index contributed by atoms with van der Waals surface area (Å²) in [5.41, 5.74) is 7.89. The van der Waals surface area contributed by atoms with E-state index < -0.39 is 0 Å². The lowest BCUT2D eigenvalue weighted by Gasteiger charge is -2.28. The van der Waals surface area contributed by atoms with Gasteiger partial charge in [-0.3, -0.25) is 0 Å². The molecule has 0 radical (unpaired) electrons. The van der Waals surface area contributed by atoms with Gasteiger partial charge in [-0.1, -0.05) is 24.6 Å². The summed E-state index contributed by atoms with van der Waals surface area (Å²) in [6, 6.07) is 6.12. The average Bonchev–Trinajstić information content (AvgIpc) is 2.70. The molecule has 1 aliphatic rings. The number of rotatable bonds is 3. The van der Waals surface area contributed by atoms with Crippen LogP contribution in [0.2, 0.25) is 5.02 Å². The van der Waals surface area contributed by atoms with Crippen molar-refractivity contribution in [3.63, 3.8) is 0 Å². The van der Waals surface area contributed by atoms with E-state index in [-0.39, 0.29) is 18.7 Å². The number of nitrogens with zero attached hydrogens (tertiary/aromatic N) is 1. The summed E-state index contributed by atoms with van der Waals surface area (Å²) in [5, 5.41) is 10.2. The zero-order valence-corrected chi connectivity index (χ0v) is 11.7. The van der Waals surface area contributed by atoms with E-state index in [0.717, 1.165) is 29.2 Å². The quantitative estimate of drug-likeness (QED) is 0.886. The number of nitrogens with two attached hydrogens (primary N) is 1. The molecule has 1 fully saturated rings. The van der Waals surface area contributed by atoms with E-state index in [1.807, 2.05) is 25.1 Å². The standard InChI is InChI=1S/C14H21ClN2O/c1-9-5-6-17(14(9)8-18)13-4-3-11(10(2)16)7-12(13)15/h3-4,7,9-10,14,18H,5-6,8,16H2,1-2H3/t9?,10-,14?/m0/s1. The Morgan fingerprint density at radius 3 is 2.83 bits per heavy atom. The molecule has 0 aliphatic carbocycles. The first kappa shape index (κ1) is 13.7. The highest BCUT2D eigenvalue weighted by Crippen LogP contribution is 2.35. The molecule has 3 atom stereocenters. The summed E-state index contributed by atoms with van der Waals surface area (Å²) >= 11 is 6.34. The lowest BCUT2D eigenvalue weighted by Crippen LogP contribution is -2.35. The molecule has 4 heteroatoms. The second-order valence-electron chi connectivity index (χ2n) is 5.21. The fourth-order valence-corrected chi connectivity index (χ4v) is 2.92. The first-order chi connectivity index (χ1) is 8.54. The molecule has 3 nitrogen and oxygen atoms in total. The van der Waals surface area contributed by atoms with Gasteiger partial charge >= 0.3 is 0 Å². The second-order valence-corrected chi connectivity index (χ2v) is 5.62. The zero-order chi connectivity index (χ0) is 13.3. The van der Waals surface area contributed by atoms with Crippen LogP contribution in [0.1, 0.15) is 31.9 Å². The second kappa shape index (κ2) is 5.47. The molecule has 0 saturated carbocycles. The van der Waals surface area contributed by atoms with E-state index in [2.05, 4.69) is 11.8 Å². The van der Waals surface area contributed by atoms with E-state index in [4.69, 9.17) is 17.3 Å². The van der Waals surface area contributed by atoms with Crippen LogP contribution in [0.25, 0.3) is 0 Å². The van der Waals surface area contributed by atoms with Crippen molar-refractivity contribution in [3.8, 4) is 0 Å². The third-order valence-electron chi connectivity index (χ3n) is 3.88. The van der Waals surface area contributed by atoms with Crippen LogP contribution in [-0.2, 0) is 0 Å². The van der Waals surface area contributed by atoms with Crippen molar-refractivity contribution in [3.05, 3.63) is 28.8 Å². The Morgan fingerprint density at radius 1 is 1.56 bits per heavy atom. The van der Waals surface area contributed by atoms with Crippen molar-refractivity contribution in [1.29, 1.82) is 0 Å². The lowest BCUT2D eigenvalue weighted by atomic mass is 10.0. The third kappa shape index (κ3) is 2.48. The predicted molar refractivity (Wildman–Crippen MR) is 76.1 cm³/mol. The highest BCUT2D eigenvalue weighted by Gasteiger charge is 2.31. The van der Waals surface area contributed by atoms with Gasteiger partial charge in [-0.2, -0.15) is 0 Å². The van der Waals surface area contributed by atoms with Crippen LogP contribution in [0.5, 0.6) is 0 Å². The Kier molecular flexibility index (Phi) is 4.15. The highest BCUT2D eigenvalue weighted by molar-refractivity contribution is 6.33. The maximum atomic E-state index is 9.50. The van der Waals surface area contributed by atoms with Crippen LogP contribution in [0.3, 0.4) is 0 Å². The van der Waals surface area contributed by atoms with E-state index >= 15 is 0 Å². The van der Waals surface area contributed by atoms with Crippen LogP contribution < -0.4 is 10.6 Å². The molecule has 1 saturated heterocycles. The normalized spacial score (nSPS) is 25.5. The summed E-state index contributed by atoms with van der Waals surface area (Å²) in [5.74, 6) is 0.499. The number of anilines is 1. The number of aliphatic hydroxyl groups excluding tert-OH is 1. The molecule has 0 bridgehead atoms. The first-order valence-electron chi connectivity index (χ1n) is 6.47. The Morgan fingerprint density at radius 2 is 2.28 bits per heavy atom. The maximum absolute atomic E-state index is 9.50. The van der Waals surface area contributed by atoms with Gasteiger partial charge in [-0.05, 0) is 37.0 Å². The number of hydrogen-bond acceptors (Lipinski definition) is 3. The third-order valence-corrected chi connectivity index (χ3v) is 4.18. The van der Waals surface area contributed by atoms with Crippen molar-refractivity contribution < 1.29 is 5.11 Å². The summed E-state index contributed by atoms with van der Waals surface area (Å²) in [7, 11) is 0. The molecule has 1 aliphatic heterocycles. The van der Waals surface area contributed by atoms with Gasteiger partial charge in [-0.25, -0.2) is 0 Å². The Hall–Kier alpha value is -0.770. The van der Waals surface area contributed by atoms with Crippen LogP contribution in [0, 0.1) is 5.92 Å². The van der Waals surface area contributed by atoms with Gasteiger partial charge in [0, 0.05) is 12.6 Å². The Labute approximate surface area is 114 Å². The number of halogens is 1. The van der Waals surface area contributed by atoms with E-state index in [1.54, 1.807) is 0 Å². The van der Waals surface area contributed by atoms with Crippen molar-refractivity contribution in [2.24, 2.45) is 11.7 Å². The van der Waals surface area contributed by atoms with Gasteiger partial charge in [0.15, 0.2) is 0 Å².